The van der Waals surface area contributed by atoms with Crippen molar-refractivity contribution in [2.45, 2.75) is 69.9 Å². The number of H-pyrrole nitrogens is 1. The number of pyridine rings is 1. The lowest BCUT2D eigenvalue weighted by atomic mass is 10.0. The first-order chi connectivity index (χ1) is 14.3. The smallest absolute Gasteiger partial charge is 0.408 e. The fraction of sp³-hybridized carbons (Fsp3) is 0.524. The van der Waals surface area contributed by atoms with Crippen molar-refractivity contribution in [3.63, 3.8) is 0 Å². The average Bonchev–Trinajstić information content (AvgIpc) is 3.08. The Morgan fingerprint density at radius 2 is 2.17 bits per heavy atom. The van der Waals surface area contributed by atoms with Crippen molar-refractivity contribution in [2.75, 3.05) is 5.32 Å². The van der Waals surface area contributed by atoms with E-state index in [0.29, 0.717) is 16.5 Å². The molecule has 0 radical (unpaired) electrons. The Morgan fingerprint density at radius 3 is 2.87 bits per heavy atom. The lowest BCUT2D eigenvalue weighted by Crippen LogP contribution is -2.45. The number of aryl methyl sites for hydroxylation is 1. The fourth-order valence-corrected chi connectivity index (χ4v) is 4.57. The predicted octanol–water partition coefficient (Wildman–Crippen LogP) is 4.12. The average molecular weight is 432 g/mol. The van der Waals surface area contributed by atoms with Crippen LogP contribution in [0.2, 0.25) is 5.02 Å². The van der Waals surface area contributed by atoms with Gasteiger partial charge in [-0.05, 0) is 57.6 Å². The lowest BCUT2D eigenvalue weighted by molar-refractivity contribution is -0.115. The van der Waals surface area contributed by atoms with Gasteiger partial charge in [0, 0.05) is 35.5 Å². The standard InChI is InChI=1S/C21H26ClN5O3/c1-12-5-8-23-16(19(12)22)11-18(28)24-17-10-15(25-26-17)13-3-4-14(9-13)27(20(29)30)21(2)6-7-21/h5,8,10,13-14H,3-4,6-7,9,11H2,1-2H3,(H,29,30)(H2,24,25,26,28)/t13-,14+/m0/s1. The summed E-state index contributed by atoms with van der Waals surface area (Å²) in [5.41, 5.74) is 2.13. The molecule has 160 valence electrons. The highest BCUT2D eigenvalue weighted by molar-refractivity contribution is 6.32. The van der Waals surface area contributed by atoms with Crippen LogP contribution in [0, 0.1) is 6.92 Å². The van der Waals surface area contributed by atoms with Crippen LogP contribution in [-0.2, 0) is 11.2 Å². The second kappa shape index (κ2) is 7.91. The number of amides is 2. The number of nitrogens with zero attached hydrogens (tertiary/aromatic N) is 3. The number of rotatable bonds is 6. The number of carbonyl (C=O) groups excluding carboxylic acids is 1. The van der Waals surface area contributed by atoms with E-state index in [1.54, 1.807) is 17.2 Å². The molecule has 2 amide bonds. The zero-order valence-corrected chi connectivity index (χ0v) is 17.9. The van der Waals surface area contributed by atoms with E-state index in [1.807, 2.05) is 19.9 Å². The van der Waals surface area contributed by atoms with Gasteiger partial charge in [0.2, 0.25) is 5.91 Å². The Bertz CT molecular complexity index is 971. The number of carboxylic acid groups (broad SMARTS) is 1. The molecule has 2 saturated carbocycles. The first-order valence-electron chi connectivity index (χ1n) is 10.2. The molecule has 0 aliphatic heterocycles. The molecule has 0 bridgehead atoms. The molecule has 2 aromatic heterocycles. The maximum absolute atomic E-state index is 12.4. The summed E-state index contributed by atoms with van der Waals surface area (Å²) in [4.78, 5) is 30.0. The highest BCUT2D eigenvalue weighted by Gasteiger charge is 2.50. The molecule has 0 saturated heterocycles. The summed E-state index contributed by atoms with van der Waals surface area (Å²) in [7, 11) is 0. The molecular formula is C21H26ClN5O3. The van der Waals surface area contributed by atoms with Crippen LogP contribution in [-0.4, -0.2) is 48.8 Å². The molecule has 9 heteroatoms. The molecule has 2 aliphatic rings. The molecule has 2 fully saturated rings. The van der Waals surface area contributed by atoms with Crippen LogP contribution in [0.4, 0.5) is 10.6 Å². The number of halogens is 1. The van der Waals surface area contributed by atoms with Crippen LogP contribution in [0.25, 0.3) is 0 Å². The molecule has 4 rings (SSSR count). The first kappa shape index (κ1) is 20.7. The van der Waals surface area contributed by atoms with Crippen molar-refractivity contribution in [1.29, 1.82) is 0 Å². The minimum absolute atomic E-state index is 0.0240. The van der Waals surface area contributed by atoms with Gasteiger partial charge in [0.25, 0.3) is 0 Å². The summed E-state index contributed by atoms with van der Waals surface area (Å²) in [6, 6.07) is 3.66. The van der Waals surface area contributed by atoms with Gasteiger partial charge in [-0.3, -0.25) is 19.8 Å². The minimum atomic E-state index is -0.832. The molecule has 2 aromatic rings. The number of aromatic amines is 1. The molecule has 3 N–H and O–H groups in total. The van der Waals surface area contributed by atoms with Crippen molar-refractivity contribution in [1.82, 2.24) is 20.1 Å². The van der Waals surface area contributed by atoms with E-state index in [1.165, 1.54) is 0 Å². The Hall–Kier alpha value is -2.61. The third-order valence-corrected chi connectivity index (χ3v) is 6.84. The Balaban J connectivity index is 1.37. The van der Waals surface area contributed by atoms with E-state index in [4.69, 9.17) is 11.6 Å². The lowest BCUT2D eigenvalue weighted by Gasteiger charge is -2.32. The van der Waals surface area contributed by atoms with E-state index in [2.05, 4.69) is 20.5 Å². The van der Waals surface area contributed by atoms with Crippen molar-refractivity contribution >= 4 is 29.4 Å². The van der Waals surface area contributed by atoms with Gasteiger partial charge in [0.05, 0.1) is 17.1 Å². The van der Waals surface area contributed by atoms with Gasteiger partial charge in [-0.25, -0.2) is 4.79 Å². The maximum Gasteiger partial charge on any atom is 0.408 e. The third kappa shape index (κ3) is 4.14. The second-order valence-electron chi connectivity index (χ2n) is 8.64. The summed E-state index contributed by atoms with van der Waals surface area (Å²) in [6.07, 6.45) is 5.23. The van der Waals surface area contributed by atoms with Gasteiger partial charge in [-0.2, -0.15) is 5.10 Å². The molecule has 2 atom stereocenters. The van der Waals surface area contributed by atoms with Crippen molar-refractivity contribution in [3.8, 4) is 0 Å². The molecule has 30 heavy (non-hydrogen) atoms. The zero-order valence-electron chi connectivity index (χ0n) is 17.1. The Morgan fingerprint density at radius 1 is 1.40 bits per heavy atom. The van der Waals surface area contributed by atoms with Gasteiger partial charge in [0.15, 0.2) is 5.82 Å². The summed E-state index contributed by atoms with van der Waals surface area (Å²) in [5, 5.41) is 20.2. The van der Waals surface area contributed by atoms with Crippen molar-refractivity contribution in [3.05, 3.63) is 40.3 Å². The third-order valence-electron chi connectivity index (χ3n) is 6.32. The van der Waals surface area contributed by atoms with Gasteiger partial charge >= 0.3 is 6.09 Å². The minimum Gasteiger partial charge on any atom is -0.465 e. The number of hydrogen-bond acceptors (Lipinski definition) is 4. The molecule has 8 nitrogen and oxygen atoms in total. The topological polar surface area (TPSA) is 111 Å². The van der Waals surface area contributed by atoms with Crippen LogP contribution in [0.3, 0.4) is 0 Å². The number of carbonyl (C=O) groups is 2. The molecule has 2 aliphatic carbocycles. The molecule has 2 heterocycles. The Kier molecular flexibility index (Phi) is 5.44. The first-order valence-corrected chi connectivity index (χ1v) is 10.6. The summed E-state index contributed by atoms with van der Waals surface area (Å²) >= 11 is 6.22. The predicted molar refractivity (Wildman–Crippen MR) is 113 cm³/mol. The van der Waals surface area contributed by atoms with E-state index in [0.717, 1.165) is 43.4 Å². The van der Waals surface area contributed by atoms with E-state index < -0.39 is 6.09 Å². The summed E-state index contributed by atoms with van der Waals surface area (Å²) in [6.45, 7) is 3.89. The van der Waals surface area contributed by atoms with Crippen LogP contribution < -0.4 is 5.32 Å². The Labute approximate surface area is 180 Å². The van der Waals surface area contributed by atoms with Crippen LogP contribution in [0.1, 0.15) is 61.9 Å². The normalized spacial score (nSPS) is 22.0. The number of anilines is 1. The van der Waals surface area contributed by atoms with Gasteiger partial charge in [-0.1, -0.05) is 11.6 Å². The quantitative estimate of drug-likeness (QED) is 0.637. The van der Waals surface area contributed by atoms with Gasteiger partial charge in [0.1, 0.15) is 0 Å². The van der Waals surface area contributed by atoms with Crippen LogP contribution >= 0.6 is 11.6 Å². The van der Waals surface area contributed by atoms with Crippen LogP contribution in [0.15, 0.2) is 18.3 Å². The zero-order chi connectivity index (χ0) is 21.5. The number of nitrogens with one attached hydrogen (secondary N) is 2. The van der Waals surface area contributed by atoms with Gasteiger partial charge in [-0.15, -0.1) is 0 Å². The molecule has 0 aromatic carbocycles. The van der Waals surface area contributed by atoms with Crippen LogP contribution in [0.5, 0.6) is 0 Å². The van der Waals surface area contributed by atoms with Crippen molar-refractivity contribution < 1.29 is 14.7 Å². The van der Waals surface area contributed by atoms with E-state index >= 15 is 0 Å². The largest absolute Gasteiger partial charge is 0.465 e. The van der Waals surface area contributed by atoms with Crippen molar-refractivity contribution in [2.24, 2.45) is 0 Å². The number of aromatic nitrogens is 3. The van der Waals surface area contributed by atoms with E-state index in [-0.39, 0.29) is 29.8 Å². The SMILES string of the molecule is Cc1ccnc(CC(=O)Nc2cc([C@H]3CC[C@@H](N(C(=O)O)C4(C)CC4)C3)[nH]n2)c1Cl. The molecule has 0 unspecified atom stereocenters. The summed E-state index contributed by atoms with van der Waals surface area (Å²) in [5.74, 6) is 0.410. The maximum atomic E-state index is 12.4. The highest BCUT2D eigenvalue weighted by atomic mass is 35.5. The second-order valence-corrected chi connectivity index (χ2v) is 9.01. The molecular weight excluding hydrogens is 406 g/mol. The fourth-order valence-electron chi connectivity index (χ4n) is 4.39. The monoisotopic (exact) mass is 431 g/mol. The van der Waals surface area contributed by atoms with Gasteiger partial charge < -0.3 is 10.4 Å². The number of hydrogen-bond donors (Lipinski definition) is 3. The summed E-state index contributed by atoms with van der Waals surface area (Å²) < 4.78 is 0. The highest BCUT2D eigenvalue weighted by Crippen LogP contribution is 2.47. The van der Waals surface area contributed by atoms with E-state index in [9.17, 15) is 14.7 Å². The molecule has 0 spiro atoms.